The quantitative estimate of drug-likeness (QED) is 0.595. The van der Waals surface area contributed by atoms with Crippen LogP contribution in [0.5, 0.6) is 5.88 Å². The van der Waals surface area contributed by atoms with E-state index in [1.165, 1.54) is 6.07 Å². The van der Waals surface area contributed by atoms with Crippen LogP contribution in [0.2, 0.25) is 0 Å². The lowest BCUT2D eigenvalue weighted by Crippen LogP contribution is -2.22. The molecular formula is C19H19F7N4O. The standard InChI is InChI=1S/C19H19F7N4O/c1-27-6-10-2-3-16(19(24,25)26)30-17(10)31-9-11-4-14(11)29-8-15-13(20)5-12(7-28-15)18(21,22)23/h2-3,5,7,11,14,27,29H,4,6,8-9H2,1H3. The van der Waals surface area contributed by atoms with Gasteiger partial charge < -0.3 is 15.4 Å². The van der Waals surface area contributed by atoms with E-state index in [4.69, 9.17) is 4.74 Å². The zero-order chi connectivity index (χ0) is 22.8. The van der Waals surface area contributed by atoms with Crippen LogP contribution < -0.4 is 15.4 Å². The maximum Gasteiger partial charge on any atom is 0.433 e. The lowest BCUT2D eigenvalue weighted by molar-refractivity contribution is -0.141. The molecule has 2 aromatic rings. The molecule has 2 atom stereocenters. The molecule has 1 saturated carbocycles. The van der Waals surface area contributed by atoms with E-state index in [-0.39, 0.29) is 43.2 Å². The average molecular weight is 452 g/mol. The molecule has 1 aliphatic carbocycles. The van der Waals surface area contributed by atoms with Gasteiger partial charge in [-0.05, 0) is 25.6 Å². The fraction of sp³-hybridized carbons (Fsp3) is 0.474. The second-order valence-electron chi connectivity index (χ2n) is 7.13. The molecule has 2 heterocycles. The van der Waals surface area contributed by atoms with Crippen LogP contribution in [-0.4, -0.2) is 29.7 Å². The summed E-state index contributed by atoms with van der Waals surface area (Å²) in [5.41, 5.74) is -1.92. The summed E-state index contributed by atoms with van der Waals surface area (Å²) >= 11 is 0. The first-order valence-electron chi connectivity index (χ1n) is 9.28. The van der Waals surface area contributed by atoms with Crippen molar-refractivity contribution >= 4 is 0 Å². The highest BCUT2D eigenvalue weighted by Gasteiger charge is 2.38. The zero-order valence-electron chi connectivity index (χ0n) is 16.2. The van der Waals surface area contributed by atoms with Crippen molar-refractivity contribution in [2.45, 2.75) is 37.9 Å². The smallest absolute Gasteiger partial charge is 0.433 e. The third-order valence-corrected chi connectivity index (χ3v) is 4.73. The van der Waals surface area contributed by atoms with E-state index in [1.807, 2.05) is 0 Å². The van der Waals surface area contributed by atoms with Gasteiger partial charge in [-0.1, -0.05) is 6.07 Å². The number of alkyl halides is 6. The van der Waals surface area contributed by atoms with Gasteiger partial charge in [0.15, 0.2) is 0 Å². The molecule has 1 aliphatic rings. The average Bonchev–Trinajstić information content (AvgIpc) is 3.43. The minimum Gasteiger partial charge on any atom is -0.477 e. The molecule has 2 N–H and O–H groups in total. The number of pyridine rings is 2. The second kappa shape index (κ2) is 8.95. The summed E-state index contributed by atoms with van der Waals surface area (Å²) in [6.45, 7) is 0.273. The Morgan fingerprint density at radius 1 is 1.10 bits per heavy atom. The fourth-order valence-electron chi connectivity index (χ4n) is 2.92. The van der Waals surface area contributed by atoms with Crippen molar-refractivity contribution in [1.29, 1.82) is 0 Å². The molecule has 31 heavy (non-hydrogen) atoms. The Morgan fingerprint density at radius 3 is 2.45 bits per heavy atom. The Labute approximate surface area is 173 Å². The lowest BCUT2D eigenvalue weighted by Gasteiger charge is -2.13. The molecule has 1 fully saturated rings. The van der Waals surface area contributed by atoms with Gasteiger partial charge in [0.25, 0.3) is 0 Å². The van der Waals surface area contributed by atoms with E-state index >= 15 is 0 Å². The van der Waals surface area contributed by atoms with Crippen LogP contribution in [0.4, 0.5) is 30.7 Å². The highest BCUT2D eigenvalue weighted by molar-refractivity contribution is 5.29. The molecule has 5 nitrogen and oxygen atoms in total. The molecule has 2 unspecified atom stereocenters. The first kappa shape index (κ1) is 23.2. The first-order valence-corrected chi connectivity index (χ1v) is 9.28. The predicted molar refractivity (Wildman–Crippen MR) is 95.4 cm³/mol. The van der Waals surface area contributed by atoms with Crippen LogP contribution in [0.3, 0.4) is 0 Å². The van der Waals surface area contributed by atoms with E-state index in [1.54, 1.807) is 7.05 Å². The van der Waals surface area contributed by atoms with Crippen molar-refractivity contribution in [2.24, 2.45) is 5.92 Å². The highest BCUT2D eigenvalue weighted by Crippen LogP contribution is 2.34. The number of ether oxygens (including phenoxy) is 1. The monoisotopic (exact) mass is 452 g/mol. The van der Waals surface area contributed by atoms with Crippen molar-refractivity contribution in [2.75, 3.05) is 13.7 Å². The summed E-state index contributed by atoms with van der Waals surface area (Å²) in [6.07, 6.45) is -8.10. The van der Waals surface area contributed by atoms with Gasteiger partial charge >= 0.3 is 12.4 Å². The Balaban J connectivity index is 1.54. The van der Waals surface area contributed by atoms with Crippen molar-refractivity contribution in [3.8, 4) is 5.88 Å². The minimum atomic E-state index is -4.68. The van der Waals surface area contributed by atoms with E-state index in [0.29, 0.717) is 24.2 Å². The number of aromatic nitrogens is 2. The molecule has 0 aliphatic heterocycles. The lowest BCUT2D eigenvalue weighted by atomic mass is 10.2. The number of hydrogen-bond acceptors (Lipinski definition) is 5. The van der Waals surface area contributed by atoms with E-state index < -0.39 is 29.4 Å². The summed E-state index contributed by atoms with van der Waals surface area (Å²) in [6, 6.07) is 2.44. The number of rotatable bonds is 8. The van der Waals surface area contributed by atoms with Crippen molar-refractivity contribution in [3.63, 3.8) is 0 Å². The maximum absolute atomic E-state index is 13.8. The predicted octanol–water partition coefficient (Wildman–Crippen LogP) is 3.93. The number of nitrogens with zero attached hydrogens (tertiary/aromatic N) is 2. The Bertz CT molecular complexity index is 917. The third kappa shape index (κ3) is 6.03. The molecule has 170 valence electrons. The van der Waals surface area contributed by atoms with Gasteiger partial charge in [-0.25, -0.2) is 9.37 Å². The van der Waals surface area contributed by atoms with E-state index in [2.05, 4.69) is 20.6 Å². The Morgan fingerprint density at radius 2 is 1.84 bits per heavy atom. The molecule has 0 spiro atoms. The molecule has 3 rings (SSSR count). The molecular weight excluding hydrogens is 433 g/mol. The van der Waals surface area contributed by atoms with Gasteiger partial charge in [0.05, 0.1) is 17.9 Å². The summed E-state index contributed by atoms with van der Waals surface area (Å²) in [5.74, 6) is -1.25. The van der Waals surface area contributed by atoms with Gasteiger partial charge in [-0.2, -0.15) is 26.3 Å². The topological polar surface area (TPSA) is 59.1 Å². The van der Waals surface area contributed by atoms with Gasteiger partial charge in [-0.3, -0.25) is 4.98 Å². The minimum absolute atomic E-state index is 0.0590. The van der Waals surface area contributed by atoms with Crippen LogP contribution >= 0.6 is 0 Å². The molecule has 0 aromatic carbocycles. The van der Waals surface area contributed by atoms with Crippen molar-refractivity contribution < 1.29 is 35.5 Å². The number of nitrogens with one attached hydrogen (secondary N) is 2. The highest BCUT2D eigenvalue weighted by atomic mass is 19.4. The largest absolute Gasteiger partial charge is 0.477 e. The van der Waals surface area contributed by atoms with Crippen molar-refractivity contribution in [3.05, 3.63) is 52.7 Å². The van der Waals surface area contributed by atoms with Gasteiger partial charge in [0.1, 0.15) is 11.5 Å². The zero-order valence-corrected chi connectivity index (χ0v) is 16.2. The number of hydrogen-bond donors (Lipinski definition) is 2. The van der Waals surface area contributed by atoms with Gasteiger partial charge in [0, 0.05) is 36.8 Å². The second-order valence-corrected chi connectivity index (χ2v) is 7.13. The van der Waals surface area contributed by atoms with Gasteiger partial charge in [0.2, 0.25) is 5.88 Å². The van der Waals surface area contributed by atoms with Crippen molar-refractivity contribution in [1.82, 2.24) is 20.6 Å². The Kier molecular flexibility index (Phi) is 6.70. The Hall–Kier alpha value is -2.47. The molecule has 0 radical (unpaired) electrons. The van der Waals surface area contributed by atoms with Crippen LogP contribution in [0, 0.1) is 11.7 Å². The van der Waals surface area contributed by atoms with Crippen LogP contribution in [0.1, 0.15) is 28.9 Å². The number of halogens is 7. The SMILES string of the molecule is CNCc1ccc(C(F)(F)F)nc1OCC1CC1NCc1ncc(C(F)(F)F)cc1F. The summed E-state index contributed by atoms with van der Waals surface area (Å²) in [4.78, 5) is 7.08. The molecule has 0 saturated heterocycles. The maximum atomic E-state index is 13.8. The van der Waals surface area contributed by atoms with Crippen LogP contribution in [0.25, 0.3) is 0 Å². The molecule has 0 amide bonds. The summed E-state index contributed by atoms with van der Waals surface area (Å²) in [5, 5.41) is 5.78. The van der Waals surface area contributed by atoms with Crippen LogP contribution in [-0.2, 0) is 25.4 Å². The molecule has 2 aromatic heterocycles. The van der Waals surface area contributed by atoms with E-state index in [9.17, 15) is 30.7 Å². The summed E-state index contributed by atoms with van der Waals surface area (Å²) in [7, 11) is 1.64. The first-order chi connectivity index (χ1) is 14.5. The third-order valence-electron chi connectivity index (χ3n) is 4.73. The summed E-state index contributed by atoms with van der Waals surface area (Å²) < 4.78 is 95.7. The molecule has 12 heteroatoms. The van der Waals surface area contributed by atoms with E-state index in [0.717, 1.165) is 6.07 Å². The molecule has 0 bridgehead atoms. The van der Waals surface area contributed by atoms with Crippen LogP contribution in [0.15, 0.2) is 24.4 Å². The van der Waals surface area contributed by atoms with Gasteiger partial charge in [-0.15, -0.1) is 0 Å². The fourth-order valence-corrected chi connectivity index (χ4v) is 2.92. The normalized spacial score (nSPS) is 18.8.